The van der Waals surface area contributed by atoms with Crippen molar-refractivity contribution in [3.05, 3.63) is 27.6 Å². The van der Waals surface area contributed by atoms with Crippen molar-refractivity contribution in [1.82, 2.24) is 4.98 Å². The van der Waals surface area contributed by atoms with Crippen molar-refractivity contribution < 1.29 is 9.53 Å². The highest BCUT2D eigenvalue weighted by Gasteiger charge is 1.94. The maximum Gasteiger partial charge on any atom is 0.293 e. The first-order chi connectivity index (χ1) is 6.83. The number of hydrogen-bond acceptors (Lipinski definition) is 3. The summed E-state index contributed by atoms with van der Waals surface area (Å²) in [4.78, 5) is 14.0. The zero-order valence-corrected chi connectivity index (χ0v) is 9.94. The quantitative estimate of drug-likeness (QED) is 0.350. The molecule has 1 rings (SSSR count). The van der Waals surface area contributed by atoms with E-state index in [2.05, 4.69) is 38.4 Å². The highest BCUT2D eigenvalue weighted by molar-refractivity contribution is 14.1. The number of pyridine rings is 1. The van der Waals surface area contributed by atoms with Crippen molar-refractivity contribution in [3.63, 3.8) is 0 Å². The van der Waals surface area contributed by atoms with Crippen LogP contribution in [0.3, 0.4) is 0 Å². The van der Waals surface area contributed by atoms with Crippen molar-refractivity contribution in [2.45, 2.75) is 19.3 Å². The Morgan fingerprint density at radius 1 is 1.43 bits per heavy atom. The van der Waals surface area contributed by atoms with Crippen molar-refractivity contribution in [1.29, 1.82) is 0 Å². The van der Waals surface area contributed by atoms with E-state index in [0.717, 1.165) is 23.0 Å². The number of aryl methyl sites for hydroxylation is 1. The lowest BCUT2D eigenvalue weighted by atomic mass is 10.1. The Hall–Kier alpha value is -0.650. The van der Waals surface area contributed by atoms with Crippen LogP contribution in [0.2, 0.25) is 0 Å². The van der Waals surface area contributed by atoms with Crippen LogP contribution in [0.5, 0.6) is 0 Å². The molecule has 0 aliphatic heterocycles. The molecular formula is C10H12INO2. The number of halogens is 1. The Labute approximate surface area is 97.0 Å². The van der Waals surface area contributed by atoms with Gasteiger partial charge in [-0.05, 0) is 53.5 Å². The van der Waals surface area contributed by atoms with E-state index < -0.39 is 0 Å². The van der Waals surface area contributed by atoms with Crippen LogP contribution in [0.15, 0.2) is 18.3 Å². The van der Waals surface area contributed by atoms with Gasteiger partial charge in [0, 0.05) is 6.20 Å². The zero-order valence-electron chi connectivity index (χ0n) is 7.78. The minimum Gasteiger partial charge on any atom is -0.468 e. The zero-order chi connectivity index (χ0) is 10.2. The van der Waals surface area contributed by atoms with E-state index in [9.17, 15) is 4.79 Å². The third-order valence-corrected chi connectivity index (χ3v) is 2.47. The summed E-state index contributed by atoms with van der Waals surface area (Å²) in [6.07, 6.45) is 4.81. The maximum absolute atomic E-state index is 9.84. The normalized spacial score (nSPS) is 9.79. The first kappa shape index (κ1) is 11.4. The Balaban J connectivity index is 2.18. The van der Waals surface area contributed by atoms with Gasteiger partial charge in [-0.1, -0.05) is 6.07 Å². The van der Waals surface area contributed by atoms with Crippen LogP contribution in [0, 0.1) is 3.70 Å². The van der Waals surface area contributed by atoms with Crippen molar-refractivity contribution in [2.24, 2.45) is 0 Å². The van der Waals surface area contributed by atoms with Crippen LogP contribution >= 0.6 is 22.6 Å². The molecule has 4 heteroatoms. The molecule has 0 radical (unpaired) electrons. The number of ether oxygens (including phenoxy) is 1. The number of hydrogen-bond donors (Lipinski definition) is 0. The number of rotatable bonds is 6. The highest BCUT2D eigenvalue weighted by atomic mass is 127. The molecular weight excluding hydrogens is 293 g/mol. The van der Waals surface area contributed by atoms with E-state index >= 15 is 0 Å². The van der Waals surface area contributed by atoms with Crippen LogP contribution < -0.4 is 0 Å². The summed E-state index contributed by atoms with van der Waals surface area (Å²) in [6.45, 7) is 1.01. The molecule has 0 N–H and O–H groups in total. The third-order valence-electron chi connectivity index (χ3n) is 1.83. The van der Waals surface area contributed by atoms with Gasteiger partial charge in [0.05, 0.1) is 6.61 Å². The Morgan fingerprint density at radius 2 is 2.29 bits per heavy atom. The molecule has 0 aromatic carbocycles. The van der Waals surface area contributed by atoms with Crippen molar-refractivity contribution >= 4 is 29.1 Å². The average Bonchev–Trinajstić information content (AvgIpc) is 2.21. The molecule has 0 atom stereocenters. The number of aromatic nitrogens is 1. The predicted molar refractivity (Wildman–Crippen MR) is 61.9 cm³/mol. The van der Waals surface area contributed by atoms with Crippen LogP contribution in [0.4, 0.5) is 0 Å². The molecule has 0 saturated heterocycles. The molecule has 0 amide bonds. The average molecular weight is 305 g/mol. The SMILES string of the molecule is O=COCCCCc1ccc(I)nc1. The standard InChI is InChI=1S/C10H12INO2/c11-10-5-4-9(7-12-10)3-1-2-6-14-8-13/h4-5,7-8H,1-3,6H2. The maximum atomic E-state index is 9.84. The largest absolute Gasteiger partial charge is 0.468 e. The van der Waals surface area contributed by atoms with Gasteiger partial charge in [0.2, 0.25) is 0 Å². The summed E-state index contributed by atoms with van der Waals surface area (Å²) in [5.41, 5.74) is 1.23. The van der Waals surface area contributed by atoms with Gasteiger partial charge >= 0.3 is 0 Å². The fourth-order valence-corrected chi connectivity index (χ4v) is 1.44. The molecule has 1 aromatic heterocycles. The topological polar surface area (TPSA) is 39.2 Å². The van der Waals surface area contributed by atoms with E-state index in [0.29, 0.717) is 13.1 Å². The van der Waals surface area contributed by atoms with Gasteiger partial charge in [-0.25, -0.2) is 0 Å². The lowest BCUT2D eigenvalue weighted by Gasteiger charge is -2.00. The molecule has 1 aromatic rings. The summed E-state index contributed by atoms with van der Waals surface area (Å²) >= 11 is 2.18. The van der Waals surface area contributed by atoms with Crippen molar-refractivity contribution in [2.75, 3.05) is 6.61 Å². The Morgan fingerprint density at radius 3 is 2.93 bits per heavy atom. The van der Waals surface area contributed by atoms with E-state index in [4.69, 9.17) is 0 Å². The smallest absolute Gasteiger partial charge is 0.293 e. The van der Waals surface area contributed by atoms with Crippen molar-refractivity contribution in [3.8, 4) is 0 Å². The van der Waals surface area contributed by atoms with Crippen LogP contribution in [0.25, 0.3) is 0 Å². The van der Waals surface area contributed by atoms with Gasteiger partial charge in [-0.15, -0.1) is 0 Å². The second-order valence-electron chi connectivity index (χ2n) is 2.91. The molecule has 0 saturated carbocycles. The molecule has 0 aliphatic rings. The molecule has 0 fully saturated rings. The van der Waals surface area contributed by atoms with Crippen LogP contribution in [0.1, 0.15) is 18.4 Å². The van der Waals surface area contributed by atoms with E-state index in [-0.39, 0.29) is 0 Å². The summed E-state index contributed by atoms with van der Waals surface area (Å²) < 4.78 is 5.60. The Bertz CT molecular complexity index is 274. The molecule has 76 valence electrons. The summed E-state index contributed by atoms with van der Waals surface area (Å²) in [5, 5.41) is 0. The van der Waals surface area contributed by atoms with E-state index in [1.165, 1.54) is 5.56 Å². The molecule has 14 heavy (non-hydrogen) atoms. The minimum absolute atomic E-state index is 0.492. The molecule has 0 unspecified atom stereocenters. The highest BCUT2D eigenvalue weighted by Crippen LogP contribution is 2.06. The lowest BCUT2D eigenvalue weighted by molar-refractivity contribution is -0.128. The fraction of sp³-hybridized carbons (Fsp3) is 0.400. The monoisotopic (exact) mass is 305 g/mol. The molecule has 0 spiro atoms. The summed E-state index contributed by atoms with van der Waals surface area (Å²) in [6, 6.07) is 4.08. The fourth-order valence-electron chi connectivity index (χ4n) is 1.12. The van der Waals surface area contributed by atoms with Gasteiger partial charge in [0.25, 0.3) is 6.47 Å². The minimum atomic E-state index is 0.492. The molecule has 3 nitrogen and oxygen atoms in total. The van der Waals surface area contributed by atoms with Gasteiger partial charge in [-0.2, -0.15) is 0 Å². The number of carbonyl (C=O) groups excluding carboxylic acids is 1. The van der Waals surface area contributed by atoms with Crippen LogP contribution in [-0.4, -0.2) is 18.1 Å². The van der Waals surface area contributed by atoms with Crippen LogP contribution in [-0.2, 0) is 16.0 Å². The second kappa shape index (κ2) is 6.75. The number of nitrogens with zero attached hydrogens (tertiary/aromatic N) is 1. The molecule has 0 aliphatic carbocycles. The van der Waals surface area contributed by atoms with Gasteiger partial charge in [0.1, 0.15) is 3.70 Å². The predicted octanol–water partition coefficient (Wildman–Crippen LogP) is 2.18. The lowest BCUT2D eigenvalue weighted by Crippen LogP contribution is -1.94. The van der Waals surface area contributed by atoms with E-state index in [1.807, 2.05) is 12.3 Å². The van der Waals surface area contributed by atoms with Gasteiger partial charge in [0.15, 0.2) is 0 Å². The van der Waals surface area contributed by atoms with Gasteiger partial charge < -0.3 is 4.74 Å². The first-order valence-electron chi connectivity index (χ1n) is 4.48. The number of carbonyl (C=O) groups is 1. The number of unbranched alkanes of at least 4 members (excludes halogenated alkanes) is 1. The van der Waals surface area contributed by atoms with Gasteiger partial charge in [-0.3, -0.25) is 9.78 Å². The first-order valence-corrected chi connectivity index (χ1v) is 5.56. The molecule has 1 heterocycles. The molecule has 0 bridgehead atoms. The summed E-state index contributed by atoms with van der Waals surface area (Å²) in [7, 11) is 0. The second-order valence-corrected chi connectivity index (χ2v) is 4.02. The Kier molecular flexibility index (Phi) is 5.51. The summed E-state index contributed by atoms with van der Waals surface area (Å²) in [5.74, 6) is 0. The van der Waals surface area contributed by atoms with E-state index in [1.54, 1.807) is 0 Å². The third kappa shape index (κ3) is 4.55.